The Morgan fingerprint density at radius 3 is 2.76 bits per heavy atom. The van der Waals surface area contributed by atoms with Crippen LogP contribution in [0, 0.1) is 0 Å². The third-order valence-electron chi connectivity index (χ3n) is 2.97. The zero-order chi connectivity index (χ0) is 12.4. The highest BCUT2D eigenvalue weighted by Gasteiger charge is 2.12. The Labute approximate surface area is 107 Å². The van der Waals surface area contributed by atoms with Crippen LogP contribution in [0.25, 0.3) is 10.9 Å². The average molecular weight is 248 g/mol. The zero-order valence-corrected chi connectivity index (χ0v) is 11.6. The molecule has 2 rings (SSSR count). The molecule has 2 nitrogen and oxygen atoms in total. The predicted molar refractivity (Wildman–Crippen MR) is 78.6 cm³/mol. The first-order valence-electron chi connectivity index (χ1n) is 6.11. The van der Waals surface area contributed by atoms with Gasteiger partial charge in [-0.3, -0.25) is 0 Å². The number of hydrogen-bond donors (Lipinski definition) is 1. The smallest absolute Gasteiger partial charge is 0.0506 e. The van der Waals surface area contributed by atoms with Gasteiger partial charge in [-0.05, 0) is 37.8 Å². The first-order chi connectivity index (χ1) is 8.15. The summed E-state index contributed by atoms with van der Waals surface area (Å²) >= 11 is 1.95. The molecule has 0 unspecified atom stereocenters. The van der Waals surface area contributed by atoms with Gasteiger partial charge in [0.2, 0.25) is 0 Å². The molecular formula is C14H20N2S. The van der Waals surface area contributed by atoms with Crippen molar-refractivity contribution in [3.8, 4) is 0 Å². The van der Waals surface area contributed by atoms with Crippen molar-refractivity contribution >= 4 is 28.4 Å². The molecule has 0 aliphatic heterocycles. The molecule has 1 aromatic carbocycles. The first kappa shape index (κ1) is 12.4. The minimum atomic E-state index is 0.474. The van der Waals surface area contributed by atoms with Gasteiger partial charge >= 0.3 is 0 Å². The maximum absolute atomic E-state index is 6.05. The Morgan fingerprint density at radius 1 is 1.35 bits per heavy atom. The number of hydrogen-bond acceptors (Lipinski definition) is 2. The number of rotatable bonds is 4. The molecule has 0 amide bonds. The van der Waals surface area contributed by atoms with Gasteiger partial charge in [-0.25, -0.2) is 0 Å². The monoisotopic (exact) mass is 248 g/mol. The van der Waals surface area contributed by atoms with Crippen LogP contribution in [0.4, 0.5) is 5.69 Å². The summed E-state index contributed by atoms with van der Waals surface area (Å²) in [6.07, 6.45) is 0. The molecule has 0 atom stereocenters. The van der Waals surface area contributed by atoms with Crippen LogP contribution < -0.4 is 5.73 Å². The van der Waals surface area contributed by atoms with Gasteiger partial charge in [-0.15, -0.1) is 0 Å². The molecule has 1 aromatic heterocycles. The van der Waals surface area contributed by atoms with Crippen molar-refractivity contribution < 1.29 is 0 Å². The second-order valence-corrected chi connectivity index (χ2v) is 5.79. The maximum Gasteiger partial charge on any atom is 0.0506 e. The van der Waals surface area contributed by atoms with Crippen LogP contribution >= 0.6 is 11.8 Å². The van der Waals surface area contributed by atoms with Gasteiger partial charge < -0.3 is 10.3 Å². The normalized spacial score (nSPS) is 11.5. The molecule has 2 N–H and O–H groups in total. The Balaban J connectivity index is 2.58. The van der Waals surface area contributed by atoms with Crippen molar-refractivity contribution in [2.24, 2.45) is 0 Å². The largest absolute Gasteiger partial charge is 0.398 e. The fraction of sp³-hybridized carbons (Fsp3) is 0.429. The molecule has 0 spiro atoms. The Morgan fingerprint density at radius 2 is 2.12 bits per heavy atom. The van der Waals surface area contributed by atoms with Crippen molar-refractivity contribution in [1.82, 2.24) is 4.57 Å². The third kappa shape index (κ3) is 2.29. The van der Waals surface area contributed by atoms with Crippen LogP contribution in [0.1, 0.15) is 32.5 Å². The van der Waals surface area contributed by atoms with Gasteiger partial charge in [0.1, 0.15) is 0 Å². The van der Waals surface area contributed by atoms with E-state index in [1.165, 1.54) is 16.6 Å². The average Bonchev–Trinajstić information content (AvgIpc) is 2.66. The predicted octanol–water partition coefficient (Wildman–Crippen LogP) is 4.06. The van der Waals surface area contributed by atoms with Crippen molar-refractivity contribution in [3.05, 3.63) is 30.0 Å². The zero-order valence-electron chi connectivity index (χ0n) is 10.7. The van der Waals surface area contributed by atoms with Gasteiger partial charge in [0.25, 0.3) is 0 Å². The second kappa shape index (κ2) is 5.05. The third-order valence-corrected chi connectivity index (χ3v) is 3.88. The molecule has 0 fully saturated rings. The fourth-order valence-corrected chi connectivity index (χ4v) is 2.89. The molecule has 92 valence electrons. The van der Waals surface area contributed by atoms with Gasteiger partial charge in [0.15, 0.2) is 0 Å². The molecule has 0 saturated carbocycles. The van der Waals surface area contributed by atoms with Crippen LogP contribution in [0.15, 0.2) is 24.3 Å². The number of fused-ring (bicyclic) bond motifs is 1. The number of benzene rings is 1. The van der Waals surface area contributed by atoms with E-state index in [2.05, 4.69) is 37.5 Å². The number of nitrogens with zero attached hydrogens (tertiary/aromatic N) is 1. The van der Waals surface area contributed by atoms with E-state index in [-0.39, 0.29) is 0 Å². The van der Waals surface area contributed by atoms with Crippen LogP contribution in [-0.4, -0.2) is 10.3 Å². The molecule has 0 aliphatic rings. The maximum atomic E-state index is 6.05. The van der Waals surface area contributed by atoms with Crippen molar-refractivity contribution in [1.29, 1.82) is 0 Å². The summed E-state index contributed by atoms with van der Waals surface area (Å²) in [5, 5.41) is 1.19. The molecular weight excluding hydrogens is 228 g/mol. The lowest BCUT2D eigenvalue weighted by atomic mass is 10.2. The molecule has 0 aliphatic carbocycles. The number of aromatic nitrogens is 1. The lowest BCUT2D eigenvalue weighted by Gasteiger charge is -2.14. The Kier molecular flexibility index (Phi) is 3.67. The van der Waals surface area contributed by atoms with Crippen molar-refractivity contribution in [2.45, 2.75) is 32.6 Å². The van der Waals surface area contributed by atoms with Crippen LogP contribution in [0.3, 0.4) is 0 Å². The number of anilines is 1. The summed E-state index contributed by atoms with van der Waals surface area (Å²) in [5.74, 6) is 2.21. The van der Waals surface area contributed by atoms with Crippen molar-refractivity contribution in [3.63, 3.8) is 0 Å². The minimum absolute atomic E-state index is 0.474. The van der Waals surface area contributed by atoms with Crippen LogP contribution in [0.5, 0.6) is 0 Å². The standard InChI is InChI=1S/C14H20N2S/c1-4-17-9-11-8-12-13(15)6-5-7-14(12)16(11)10(2)3/h5-8,10H,4,9,15H2,1-3H3. The lowest BCUT2D eigenvalue weighted by Crippen LogP contribution is -2.04. The van der Waals surface area contributed by atoms with Crippen LogP contribution in [-0.2, 0) is 5.75 Å². The van der Waals surface area contributed by atoms with E-state index < -0.39 is 0 Å². The molecule has 17 heavy (non-hydrogen) atoms. The Bertz CT molecular complexity index is 514. The highest BCUT2D eigenvalue weighted by atomic mass is 32.2. The van der Waals surface area contributed by atoms with Gasteiger partial charge in [0.05, 0.1) is 5.52 Å². The van der Waals surface area contributed by atoms with Gasteiger partial charge in [-0.2, -0.15) is 11.8 Å². The van der Waals surface area contributed by atoms with E-state index in [0.717, 1.165) is 17.2 Å². The SMILES string of the molecule is CCSCc1cc2c(N)cccc2n1C(C)C. The van der Waals surface area contributed by atoms with E-state index in [4.69, 9.17) is 5.73 Å². The van der Waals surface area contributed by atoms with Crippen molar-refractivity contribution in [2.75, 3.05) is 11.5 Å². The molecule has 2 aromatic rings. The first-order valence-corrected chi connectivity index (χ1v) is 7.26. The second-order valence-electron chi connectivity index (χ2n) is 4.52. The van der Waals surface area contributed by atoms with E-state index in [0.29, 0.717) is 6.04 Å². The highest BCUT2D eigenvalue weighted by Crippen LogP contribution is 2.30. The fourth-order valence-electron chi connectivity index (χ4n) is 2.26. The molecule has 0 radical (unpaired) electrons. The van der Waals surface area contributed by atoms with E-state index in [9.17, 15) is 0 Å². The summed E-state index contributed by atoms with van der Waals surface area (Å²) in [6, 6.07) is 8.89. The minimum Gasteiger partial charge on any atom is -0.398 e. The molecule has 1 heterocycles. The van der Waals surface area contributed by atoms with Gasteiger partial charge in [-0.1, -0.05) is 13.0 Å². The van der Waals surface area contributed by atoms with Gasteiger partial charge in [0, 0.05) is 28.6 Å². The quantitative estimate of drug-likeness (QED) is 0.827. The van der Waals surface area contributed by atoms with E-state index >= 15 is 0 Å². The topological polar surface area (TPSA) is 30.9 Å². The number of nitrogen functional groups attached to an aromatic ring is 1. The highest BCUT2D eigenvalue weighted by molar-refractivity contribution is 7.98. The summed E-state index contributed by atoms with van der Waals surface area (Å²) in [5.41, 5.74) is 9.56. The Hall–Kier alpha value is -1.09. The summed E-state index contributed by atoms with van der Waals surface area (Å²) in [7, 11) is 0. The lowest BCUT2D eigenvalue weighted by molar-refractivity contribution is 0.606. The van der Waals surface area contributed by atoms with E-state index in [1.54, 1.807) is 0 Å². The summed E-state index contributed by atoms with van der Waals surface area (Å²) < 4.78 is 2.40. The summed E-state index contributed by atoms with van der Waals surface area (Å²) in [6.45, 7) is 6.65. The summed E-state index contributed by atoms with van der Waals surface area (Å²) in [4.78, 5) is 0. The number of nitrogens with two attached hydrogens (primary N) is 1. The van der Waals surface area contributed by atoms with Crippen LogP contribution in [0.2, 0.25) is 0 Å². The molecule has 3 heteroatoms. The molecule has 0 saturated heterocycles. The number of thioether (sulfide) groups is 1. The van der Waals surface area contributed by atoms with E-state index in [1.807, 2.05) is 23.9 Å². The molecule has 0 bridgehead atoms.